The molecule has 2 rings (SSSR count). The van der Waals surface area contributed by atoms with Crippen LogP contribution in [0.15, 0.2) is 0 Å². The number of halogens is 1. The van der Waals surface area contributed by atoms with Crippen LogP contribution in [0.1, 0.15) is 0 Å². The Morgan fingerprint density at radius 1 is 0.941 bits per heavy atom. The molecule has 2 saturated heterocycles. The Labute approximate surface area is 117 Å². The van der Waals surface area contributed by atoms with Gasteiger partial charge in [-0.25, -0.2) is 0 Å². The van der Waals surface area contributed by atoms with E-state index in [-0.39, 0.29) is 12.4 Å². The van der Waals surface area contributed by atoms with Crippen LogP contribution in [0.3, 0.4) is 0 Å². The van der Waals surface area contributed by atoms with Crippen LogP contribution in [0.4, 0.5) is 0 Å². The monoisotopic (exact) mass is 314 g/mol. The maximum absolute atomic E-state index is 6.19. The molecule has 8 heteroatoms. The van der Waals surface area contributed by atoms with Crippen LogP contribution in [0.5, 0.6) is 0 Å². The first-order valence-corrected chi connectivity index (χ1v) is 11.5. The van der Waals surface area contributed by atoms with Gasteiger partial charge in [0, 0.05) is 0 Å². The first-order valence-electron chi connectivity index (χ1n) is 5.25. The molecule has 0 N–H and O–H groups in total. The van der Waals surface area contributed by atoms with Gasteiger partial charge in [0.1, 0.15) is 0 Å². The van der Waals surface area contributed by atoms with Crippen molar-refractivity contribution in [2.45, 2.75) is 6.55 Å². The summed E-state index contributed by atoms with van der Waals surface area (Å²) in [7, 11) is 8.08. The normalized spacial score (nSPS) is 26.5. The second-order valence-electron chi connectivity index (χ2n) is 4.67. The summed E-state index contributed by atoms with van der Waals surface area (Å²) in [6.07, 6.45) is -2.79. The third kappa shape index (κ3) is 2.77. The van der Waals surface area contributed by atoms with Gasteiger partial charge in [-0.3, -0.25) is 0 Å². The summed E-state index contributed by atoms with van der Waals surface area (Å²) in [5, 5.41) is 0. The smallest absolute Gasteiger partial charge is 1.00 e. The number of hydrogen-bond acceptors (Lipinski definition) is 4. The van der Waals surface area contributed by atoms with Crippen LogP contribution in [0, 0.1) is 0 Å². The van der Waals surface area contributed by atoms with Gasteiger partial charge < -0.3 is 12.4 Å². The Kier molecular flexibility index (Phi) is 4.18. The molecule has 17 heavy (non-hydrogen) atoms. The fraction of sp³-hybridized carbons (Fsp3) is 0.778. The molecule has 1 spiro atoms. The topological polar surface area (TPSA) is 24.5 Å². The molecule has 0 aromatic heterocycles. The van der Waals surface area contributed by atoms with Gasteiger partial charge in [-0.2, -0.15) is 0 Å². The van der Waals surface area contributed by atoms with Crippen molar-refractivity contribution in [3.05, 3.63) is 0 Å². The first kappa shape index (κ1) is 15.2. The van der Waals surface area contributed by atoms with Crippen molar-refractivity contribution in [1.29, 1.82) is 0 Å². The van der Waals surface area contributed by atoms with Crippen molar-refractivity contribution in [1.82, 2.24) is 0 Å². The van der Waals surface area contributed by atoms with E-state index in [1.807, 2.05) is 59.8 Å². The van der Waals surface area contributed by atoms with E-state index in [4.69, 9.17) is 8.85 Å². The zero-order chi connectivity index (χ0) is 12.0. The van der Waals surface area contributed by atoms with E-state index < -0.39 is 6.14 Å². The molecule has 0 radical (unpaired) electrons. The van der Waals surface area contributed by atoms with Crippen molar-refractivity contribution in [2.24, 2.45) is 0 Å². The molecule has 0 aromatic carbocycles. The Morgan fingerprint density at radius 3 is 1.53 bits per heavy atom. The Bertz CT molecular complexity index is 370. The fourth-order valence-corrected chi connectivity index (χ4v) is 11.9. The van der Waals surface area contributed by atoms with Crippen LogP contribution in [0.25, 0.3) is 0 Å². The Morgan fingerprint density at radius 2 is 1.29 bits per heavy atom. The van der Waals surface area contributed by atoms with Crippen molar-refractivity contribution < 1.29 is 30.4 Å². The Balaban J connectivity index is 0.00000144. The van der Waals surface area contributed by atoms with Gasteiger partial charge in [-0.15, -0.1) is 0 Å². The van der Waals surface area contributed by atoms with Crippen LogP contribution >= 0.6 is 22.4 Å². The molecule has 2 aliphatic heterocycles. The van der Waals surface area contributed by atoms with Crippen molar-refractivity contribution >= 4 is 40.4 Å². The molecular formula is C9H19ClN2O2S2Si. The zero-order valence-electron chi connectivity index (χ0n) is 10.8. The van der Waals surface area contributed by atoms with Gasteiger partial charge in [0.05, 0.1) is 0 Å². The molecule has 2 fully saturated rings. The number of hydrogen-bond donors (Lipinski definition) is 0. The fourth-order valence-electron chi connectivity index (χ4n) is 1.65. The van der Waals surface area contributed by atoms with E-state index in [1.165, 1.54) is 0 Å². The second kappa shape index (κ2) is 4.68. The quantitative estimate of drug-likeness (QED) is 0.377. The molecule has 2 aliphatic rings. The maximum Gasteiger partial charge on any atom is -1.00 e. The van der Waals surface area contributed by atoms with Gasteiger partial charge in [-0.1, -0.05) is 0 Å². The molecule has 0 bridgehead atoms. The van der Waals surface area contributed by atoms with Crippen molar-refractivity contribution in [3.63, 3.8) is 0 Å². The van der Waals surface area contributed by atoms with E-state index >= 15 is 0 Å². The minimum Gasteiger partial charge on any atom is -1.00 e. The van der Waals surface area contributed by atoms with E-state index in [1.54, 1.807) is 0 Å². The van der Waals surface area contributed by atoms with E-state index in [0.717, 1.165) is 23.3 Å². The van der Waals surface area contributed by atoms with E-state index in [9.17, 15) is 0 Å². The first-order chi connectivity index (χ1) is 7.32. The summed E-state index contributed by atoms with van der Waals surface area (Å²) >= 11 is 3.71. The molecule has 0 aliphatic carbocycles. The van der Waals surface area contributed by atoms with Gasteiger partial charge >= 0.3 is 105 Å². The van der Waals surface area contributed by atoms with Gasteiger partial charge in [0.2, 0.25) is 0 Å². The minimum atomic E-state index is -2.79. The summed E-state index contributed by atoms with van der Waals surface area (Å²) in [4.78, 5) is 0. The van der Waals surface area contributed by atoms with Gasteiger partial charge in [0.25, 0.3) is 0 Å². The van der Waals surface area contributed by atoms with Crippen LogP contribution in [-0.4, -0.2) is 66.8 Å². The summed E-state index contributed by atoms with van der Waals surface area (Å²) < 4.78 is 16.5. The van der Waals surface area contributed by atoms with Crippen molar-refractivity contribution in [3.8, 4) is 0 Å². The maximum atomic E-state index is 6.19. The standard InChI is InChI=1S/C9H19N2O2S2Si.ClH/c1-10(2)8-6-14-16(5,12-8)13-9(7-15-16)11(3)4;/h6-7H2,1-5H3;1H/q+1;/p-1. The van der Waals surface area contributed by atoms with E-state index in [2.05, 4.69) is 6.55 Å². The molecular weight excluding hydrogens is 296 g/mol. The van der Waals surface area contributed by atoms with Crippen LogP contribution in [-0.2, 0) is 8.85 Å². The molecule has 0 amide bonds. The molecule has 0 aromatic rings. The van der Waals surface area contributed by atoms with Crippen LogP contribution < -0.4 is 12.4 Å². The molecule has 0 saturated carbocycles. The predicted octanol–water partition coefficient (Wildman–Crippen LogP) is -2.12. The summed E-state index contributed by atoms with van der Waals surface area (Å²) in [6, 6.07) is 0. The molecule has 0 atom stereocenters. The third-order valence-electron chi connectivity index (χ3n) is 2.72. The zero-order valence-corrected chi connectivity index (χ0v) is 14.2. The predicted molar refractivity (Wildman–Crippen MR) is 72.9 cm³/mol. The van der Waals surface area contributed by atoms with Gasteiger partial charge in [-0.05, 0) is 0 Å². The number of rotatable bonds is 0. The van der Waals surface area contributed by atoms with Gasteiger partial charge in [0.15, 0.2) is 0 Å². The number of nitrogens with zero attached hydrogens (tertiary/aromatic N) is 2. The summed E-state index contributed by atoms with van der Waals surface area (Å²) in [6.45, 7) is 2.17. The minimum absolute atomic E-state index is 0. The molecule has 100 valence electrons. The second-order valence-corrected chi connectivity index (χ2v) is 17.1. The SMILES string of the molecule is C[N+](C)=C1CS[Si-]2(C)(O1)OC(=[N+](C)C)CS2.[Cl-]. The van der Waals surface area contributed by atoms with Crippen molar-refractivity contribution in [2.75, 3.05) is 39.7 Å². The van der Waals surface area contributed by atoms with Crippen LogP contribution in [0.2, 0.25) is 6.55 Å². The average Bonchev–Trinajstić information content (AvgIpc) is 2.70. The Hall–Kier alpha value is 0.147. The largest absolute Gasteiger partial charge is 1.00 e. The van der Waals surface area contributed by atoms with E-state index in [0.29, 0.717) is 0 Å². The third-order valence-corrected chi connectivity index (χ3v) is 14.0. The average molecular weight is 315 g/mol. The molecule has 0 unspecified atom stereocenters. The summed E-state index contributed by atoms with van der Waals surface area (Å²) in [5.74, 6) is 3.91. The molecule has 4 nitrogen and oxygen atoms in total. The molecule has 2 heterocycles. The summed E-state index contributed by atoms with van der Waals surface area (Å²) in [5.41, 5.74) is 0.